The summed E-state index contributed by atoms with van der Waals surface area (Å²) in [7, 11) is 0. The van der Waals surface area contributed by atoms with Crippen molar-refractivity contribution in [3.63, 3.8) is 0 Å². The lowest BCUT2D eigenvalue weighted by Gasteiger charge is -2.25. The van der Waals surface area contributed by atoms with Gasteiger partial charge in [0.05, 0.1) is 17.8 Å². The summed E-state index contributed by atoms with van der Waals surface area (Å²) in [4.78, 5) is 39.0. The maximum absolute atomic E-state index is 13.9. The van der Waals surface area contributed by atoms with Gasteiger partial charge in [-0.1, -0.05) is 37.3 Å². The van der Waals surface area contributed by atoms with E-state index in [1.54, 1.807) is 19.1 Å². The Morgan fingerprint density at radius 3 is 2.30 bits per heavy atom. The molecule has 2 atom stereocenters. The van der Waals surface area contributed by atoms with Crippen molar-refractivity contribution in [2.45, 2.75) is 58.2 Å². The Bertz CT molecular complexity index is 1370. The van der Waals surface area contributed by atoms with Crippen LogP contribution in [0.15, 0.2) is 60.7 Å². The smallest absolute Gasteiger partial charge is 0.251 e. The van der Waals surface area contributed by atoms with Crippen LogP contribution in [0.25, 0.3) is 0 Å². The molecule has 0 bridgehead atoms. The van der Waals surface area contributed by atoms with Crippen LogP contribution < -0.4 is 15.5 Å². The third-order valence-corrected chi connectivity index (χ3v) is 7.00. The number of aliphatic hydroxyl groups excluding tert-OH is 1. The summed E-state index contributed by atoms with van der Waals surface area (Å²) >= 11 is 0. The van der Waals surface area contributed by atoms with Gasteiger partial charge in [0.25, 0.3) is 5.91 Å². The van der Waals surface area contributed by atoms with Crippen molar-refractivity contribution in [3.8, 4) is 0 Å². The van der Waals surface area contributed by atoms with Gasteiger partial charge in [-0.3, -0.25) is 19.3 Å². The predicted molar refractivity (Wildman–Crippen MR) is 148 cm³/mol. The molecule has 0 aliphatic carbocycles. The Morgan fingerprint density at radius 1 is 0.950 bits per heavy atom. The molecule has 0 radical (unpaired) electrons. The maximum atomic E-state index is 13.9. The maximum Gasteiger partial charge on any atom is 0.251 e. The minimum atomic E-state index is -1.10. The molecule has 210 valence electrons. The van der Waals surface area contributed by atoms with Crippen molar-refractivity contribution < 1.29 is 28.3 Å². The molecule has 0 aromatic heterocycles. The summed E-state index contributed by atoms with van der Waals surface area (Å²) in [6, 6.07) is 14.9. The van der Waals surface area contributed by atoms with Gasteiger partial charge in [-0.25, -0.2) is 8.78 Å². The van der Waals surface area contributed by atoms with Gasteiger partial charge in [-0.05, 0) is 66.3 Å². The molecule has 3 aromatic carbocycles. The standard InChI is InChI=1S/C31H33F2N3O4/c1-3-20-5-4-6-21(11-20)17-34-18-28(37)26(14-22-12-24(32)16-25(33)13-22)35-31(40)23-8-7-19(2)27(15-23)36-29(38)9-10-30(36)39/h4-8,11-13,15-16,26,28,34,37H,3,9-10,14,17-18H2,1-2H3,(H,35,40)/t26-,28+/m0/s1. The van der Waals surface area contributed by atoms with E-state index < -0.39 is 29.7 Å². The van der Waals surface area contributed by atoms with E-state index in [-0.39, 0.29) is 48.7 Å². The van der Waals surface area contributed by atoms with Crippen LogP contribution in [0.1, 0.15) is 52.4 Å². The highest BCUT2D eigenvalue weighted by Crippen LogP contribution is 2.27. The predicted octanol–water partition coefficient (Wildman–Crippen LogP) is 3.98. The van der Waals surface area contributed by atoms with Gasteiger partial charge in [0.1, 0.15) is 11.6 Å². The summed E-state index contributed by atoms with van der Waals surface area (Å²) in [6.45, 7) is 4.40. The molecule has 9 heteroatoms. The number of anilines is 1. The molecule has 3 aromatic rings. The molecule has 1 aliphatic rings. The van der Waals surface area contributed by atoms with Crippen LogP contribution >= 0.6 is 0 Å². The molecule has 0 saturated carbocycles. The highest BCUT2D eigenvalue weighted by Gasteiger charge is 2.32. The first-order chi connectivity index (χ1) is 19.1. The van der Waals surface area contributed by atoms with E-state index in [4.69, 9.17) is 0 Å². The Balaban J connectivity index is 1.52. The molecule has 3 amide bonds. The quantitative estimate of drug-likeness (QED) is 0.315. The molecule has 4 rings (SSSR count). The second-order valence-corrected chi connectivity index (χ2v) is 10.1. The van der Waals surface area contributed by atoms with Crippen LogP contribution in [0, 0.1) is 18.6 Å². The van der Waals surface area contributed by atoms with E-state index in [9.17, 15) is 28.3 Å². The number of halogens is 2. The first-order valence-electron chi connectivity index (χ1n) is 13.3. The van der Waals surface area contributed by atoms with Crippen LogP contribution in [0.3, 0.4) is 0 Å². The molecule has 1 saturated heterocycles. The molecule has 40 heavy (non-hydrogen) atoms. The van der Waals surface area contributed by atoms with Crippen molar-refractivity contribution in [1.29, 1.82) is 0 Å². The lowest BCUT2D eigenvalue weighted by atomic mass is 9.99. The van der Waals surface area contributed by atoms with E-state index in [0.717, 1.165) is 35.1 Å². The van der Waals surface area contributed by atoms with E-state index in [1.807, 2.05) is 18.2 Å². The number of rotatable bonds is 11. The van der Waals surface area contributed by atoms with Gasteiger partial charge < -0.3 is 15.7 Å². The Hall–Kier alpha value is -3.95. The fourth-order valence-corrected chi connectivity index (χ4v) is 4.82. The fourth-order valence-electron chi connectivity index (χ4n) is 4.82. The number of imide groups is 1. The van der Waals surface area contributed by atoms with E-state index >= 15 is 0 Å². The van der Waals surface area contributed by atoms with Crippen molar-refractivity contribution in [2.24, 2.45) is 0 Å². The molecule has 0 spiro atoms. The van der Waals surface area contributed by atoms with Gasteiger partial charge in [0, 0.05) is 37.6 Å². The lowest BCUT2D eigenvalue weighted by molar-refractivity contribution is -0.121. The summed E-state index contributed by atoms with van der Waals surface area (Å²) in [5.41, 5.74) is 3.67. The molecule has 1 aliphatic heterocycles. The normalized spacial score (nSPS) is 14.9. The third kappa shape index (κ3) is 7.16. The number of carbonyl (C=O) groups excluding carboxylic acids is 3. The molecular weight excluding hydrogens is 516 g/mol. The minimum Gasteiger partial charge on any atom is -0.390 e. The fraction of sp³-hybridized carbons (Fsp3) is 0.323. The van der Waals surface area contributed by atoms with Crippen molar-refractivity contribution in [1.82, 2.24) is 10.6 Å². The number of aliphatic hydroxyl groups is 1. The van der Waals surface area contributed by atoms with E-state index in [0.29, 0.717) is 17.8 Å². The number of amides is 3. The summed E-state index contributed by atoms with van der Waals surface area (Å²) in [5.74, 6) is -2.74. The number of nitrogens with zero attached hydrogens (tertiary/aromatic N) is 1. The number of benzene rings is 3. The van der Waals surface area contributed by atoms with Gasteiger partial charge in [-0.15, -0.1) is 0 Å². The Labute approximate surface area is 232 Å². The van der Waals surface area contributed by atoms with Crippen molar-refractivity contribution >= 4 is 23.4 Å². The summed E-state index contributed by atoms with van der Waals surface area (Å²) in [6.07, 6.45) is -0.00565. The van der Waals surface area contributed by atoms with Gasteiger partial charge >= 0.3 is 0 Å². The Kier molecular flexibility index (Phi) is 9.39. The van der Waals surface area contributed by atoms with Gasteiger partial charge in [0.15, 0.2) is 0 Å². The largest absolute Gasteiger partial charge is 0.390 e. The molecule has 3 N–H and O–H groups in total. The zero-order valence-electron chi connectivity index (χ0n) is 22.5. The summed E-state index contributed by atoms with van der Waals surface area (Å²) in [5, 5.41) is 17.0. The number of nitrogens with one attached hydrogen (secondary N) is 2. The number of hydrogen-bond donors (Lipinski definition) is 3. The zero-order valence-corrected chi connectivity index (χ0v) is 22.5. The first kappa shape index (κ1) is 29.0. The Morgan fingerprint density at radius 2 is 1.62 bits per heavy atom. The third-order valence-electron chi connectivity index (χ3n) is 7.00. The molecule has 0 unspecified atom stereocenters. The SMILES string of the molecule is CCc1cccc(CNC[C@@H](O)[C@H](Cc2cc(F)cc(F)c2)NC(=O)c2ccc(C)c(N3C(=O)CCC3=O)c2)c1. The van der Waals surface area contributed by atoms with Crippen LogP contribution in [0.2, 0.25) is 0 Å². The highest BCUT2D eigenvalue weighted by molar-refractivity contribution is 6.20. The number of aryl methyl sites for hydroxylation is 2. The second kappa shape index (κ2) is 12.9. The zero-order chi connectivity index (χ0) is 28.8. The van der Waals surface area contributed by atoms with Crippen molar-refractivity contribution in [2.75, 3.05) is 11.4 Å². The second-order valence-electron chi connectivity index (χ2n) is 10.1. The van der Waals surface area contributed by atoms with Crippen LogP contribution in [0.5, 0.6) is 0 Å². The van der Waals surface area contributed by atoms with Crippen LogP contribution in [0.4, 0.5) is 14.5 Å². The first-order valence-corrected chi connectivity index (χ1v) is 13.3. The molecule has 1 fully saturated rings. The molecule has 1 heterocycles. The summed E-state index contributed by atoms with van der Waals surface area (Å²) < 4.78 is 27.8. The average molecular weight is 550 g/mol. The molecule has 7 nitrogen and oxygen atoms in total. The molecular formula is C31H33F2N3O4. The van der Waals surface area contributed by atoms with Crippen molar-refractivity contribution in [3.05, 3.63) is 100 Å². The van der Waals surface area contributed by atoms with Gasteiger partial charge in [-0.2, -0.15) is 0 Å². The number of carbonyl (C=O) groups is 3. The number of hydrogen-bond acceptors (Lipinski definition) is 5. The topological polar surface area (TPSA) is 98.7 Å². The van der Waals surface area contributed by atoms with Crippen LogP contribution in [-0.2, 0) is 29.0 Å². The van der Waals surface area contributed by atoms with Gasteiger partial charge in [0.2, 0.25) is 11.8 Å². The van der Waals surface area contributed by atoms with Crippen LogP contribution in [-0.4, -0.2) is 41.5 Å². The van der Waals surface area contributed by atoms with E-state index in [1.165, 1.54) is 11.6 Å². The van der Waals surface area contributed by atoms with E-state index in [2.05, 4.69) is 23.6 Å². The average Bonchev–Trinajstić information content (AvgIpc) is 3.25. The highest BCUT2D eigenvalue weighted by atomic mass is 19.1. The minimum absolute atomic E-state index is 0.0313. The monoisotopic (exact) mass is 549 g/mol. The lowest BCUT2D eigenvalue weighted by Crippen LogP contribution is -2.48.